The predicted octanol–water partition coefficient (Wildman–Crippen LogP) is 3.80. The Kier molecular flexibility index (Phi) is 3.07. The Morgan fingerprint density at radius 1 is 1.11 bits per heavy atom. The van der Waals surface area contributed by atoms with Crippen LogP contribution in [0.5, 0.6) is 0 Å². The molecule has 1 aliphatic heterocycles. The van der Waals surface area contributed by atoms with E-state index in [-0.39, 0.29) is 11.2 Å². The number of hydrogen-bond acceptors (Lipinski definition) is 2. The van der Waals surface area contributed by atoms with Gasteiger partial charge in [0.15, 0.2) is 0 Å². The van der Waals surface area contributed by atoms with E-state index in [4.69, 9.17) is 0 Å². The van der Waals surface area contributed by atoms with Crippen LogP contribution in [-0.4, -0.2) is 13.0 Å². The lowest BCUT2D eigenvalue weighted by atomic mass is 10.1. The number of amides is 1. The molecule has 0 aliphatic carbocycles. The number of thioether (sulfide) groups is 1. The van der Waals surface area contributed by atoms with Gasteiger partial charge in [-0.3, -0.25) is 4.79 Å². The monoisotopic (exact) mass is 269 g/mol. The Morgan fingerprint density at radius 2 is 1.84 bits per heavy atom. The van der Waals surface area contributed by atoms with E-state index < -0.39 is 0 Å². The van der Waals surface area contributed by atoms with Crippen LogP contribution in [0.25, 0.3) is 0 Å². The van der Waals surface area contributed by atoms with E-state index in [2.05, 4.69) is 19.1 Å². The van der Waals surface area contributed by atoms with Gasteiger partial charge in [0.1, 0.15) is 5.25 Å². The minimum absolute atomic E-state index is 0.123. The molecule has 0 aromatic heterocycles. The maximum atomic E-state index is 12.4. The van der Waals surface area contributed by atoms with Crippen LogP contribution in [-0.2, 0) is 4.79 Å². The minimum Gasteiger partial charge on any atom is -0.314 e. The van der Waals surface area contributed by atoms with Crippen molar-refractivity contribution in [3.63, 3.8) is 0 Å². The molecule has 1 aliphatic rings. The lowest BCUT2D eigenvalue weighted by Crippen LogP contribution is -2.22. The highest BCUT2D eigenvalue weighted by Gasteiger charge is 2.35. The first-order chi connectivity index (χ1) is 9.16. The molecule has 0 spiro atoms. The minimum atomic E-state index is -0.123. The molecule has 2 aromatic carbocycles. The van der Waals surface area contributed by atoms with Crippen LogP contribution in [0.15, 0.2) is 53.4 Å². The van der Waals surface area contributed by atoms with Gasteiger partial charge in [0.05, 0.1) is 0 Å². The average molecular weight is 269 g/mol. The molecule has 0 fully saturated rings. The first-order valence-electron chi connectivity index (χ1n) is 6.26. The molecule has 2 nitrogen and oxygen atoms in total. The number of rotatable bonds is 2. The maximum absolute atomic E-state index is 12.4. The summed E-state index contributed by atoms with van der Waals surface area (Å²) in [4.78, 5) is 15.3. The first kappa shape index (κ1) is 12.3. The van der Waals surface area contributed by atoms with E-state index in [1.165, 1.54) is 5.56 Å². The molecule has 3 heteroatoms. The second-order valence-corrected chi connectivity index (χ2v) is 5.95. The van der Waals surface area contributed by atoms with E-state index in [0.717, 1.165) is 16.1 Å². The number of carbonyl (C=O) groups excluding carboxylic acids is 1. The predicted molar refractivity (Wildman–Crippen MR) is 79.6 cm³/mol. The van der Waals surface area contributed by atoms with Gasteiger partial charge in [0.2, 0.25) is 5.91 Å². The van der Waals surface area contributed by atoms with Crippen molar-refractivity contribution in [1.82, 2.24) is 0 Å². The van der Waals surface area contributed by atoms with Gasteiger partial charge in [-0.2, -0.15) is 0 Å². The molecule has 96 valence electrons. The standard InChI is InChI=1S/C16H15NOS/c1-11-8-9-14-13(10-11)15(16(18)17(14)2)19-12-6-4-3-5-7-12/h3-10,15H,1-2H3. The molecular weight excluding hydrogens is 254 g/mol. The molecular formula is C16H15NOS. The van der Waals surface area contributed by atoms with Crippen LogP contribution >= 0.6 is 11.8 Å². The van der Waals surface area contributed by atoms with Gasteiger partial charge in [0.25, 0.3) is 0 Å². The van der Waals surface area contributed by atoms with Crippen molar-refractivity contribution in [2.75, 3.05) is 11.9 Å². The summed E-state index contributed by atoms with van der Waals surface area (Å²) in [6, 6.07) is 16.3. The van der Waals surface area contributed by atoms with Gasteiger partial charge in [-0.15, -0.1) is 11.8 Å². The molecule has 1 amide bonds. The van der Waals surface area contributed by atoms with Crippen molar-refractivity contribution in [3.05, 3.63) is 59.7 Å². The van der Waals surface area contributed by atoms with Crippen LogP contribution in [0.2, 0.25) is 0 Å². The summed E-state index contributed by atoms with van der Waals surface area (Å²) in [6.07, 6.45) is 0. The van der Waals surface area contributed by atoms with Crippen molar-refractivity contribution in [2.45, 2.75) is 17.1 Å². The second kappa shape index (κ2) is 4.74. The highest BCUT2D eigenvalue weighted by Crippen LogP contribution is 2.46. The number of hydrogen-bond donors (Lipinski definition) is 0. The van der Waals surface area contributed by atoms with E-state index in [0.29, 0.717) is 0 Å². The van der Waals surface area contributed by atoms with Gasteiger partial charge in [-0.1, -0.05) is 35.9 Å². The van der Waals surface area contributed by atoms with E-state index in [1.54, 1.807) is 16.7 Å². The van der Waals surface area contributed by atoms with Crippen molar-refractivity contribution in [3.8, 4) is 0 Å². The lowest BCUT2D eigenvalue weighted by molar-refractivity contribution is -0.117. The second-order valence-electron chi connectivity index (χ2n) is 4.77. The summed E-state index contributed by atoms with van der Waals surface area (Å²) in [5.74, 6) is 0.162. The topological polar surface area (TPSA) is 20.3 Å². The smallest absolute Gasteiger partial charge is 0.244 e. The number of nitrogens with zero attached hydrogens (tertiary/aromatic N) is 1. The van der Waals surface area contributed by atoms with Crippen LogP contribution in [0, 0.1) is 6.92 Å². The maximum Gasteiger partial charge on any atom is 0.244 e. The molecule has 0 bridgehead atoms. The fraction of sp³-hybridized carbons (Fsp3) is 0.188. The average Bonchev–Trinajstić information content (AvgIpc) is 2.65. The molecule has 2 aromatic rings. The largest absolute Gasteiger partial charge is 0.314 e. The van der Waals surface area contributed by atoms with Gasteiger partial charge in [0, 0.05) is 17.6 Å². The molecule has 1 unspecified atom stereocenters. The summed E-state index contributed by atoms with van der Waals surface area (Å²) in [5.41, 5.74) is 3.35. The van der Waals surface area contributed by atoms with Crippen LogP contribution in [0.4, 0.5) is 5.69 Å². The highest BCUT2D eigenvalue weighted by atomic mass is 32.2. The number of aryl methyl sites for hydroxylation is 1. The number of fused-ring (bicyclic) bond motifs is 1. The molecule has 1 atom stereocenters. The number of carbonyl (C=O) groups is 1. The van der Waals surface area contributed by atoms with Crippen molar-refractivity contribution in [1.29, 1.82) is 0 Å². The Bertz CT molecular complexity index is 624. The number of likely N-dealkylation sites (N-methyl/N-ethyl adjacent to an activating group) is 1. The van der Waals surface area contributed by atoms with Gasteiger partial charge in [-0.25, -0.2) is 0 Å². The molecule has 1 heterocycles. The van der Waals surface area contributed by atoms with Crippen LogP contribution in [0.3, 0.4) is 0 Å². The highest BCUT2D eigenvalue weighted by molar-refractivity contribution is 8.00. The fourth-order valence-electron chi connectivity index (χ4n) is 2.37. The number of anilines is 1. The molecule has 0 N–H and O–H groups in total. The Labute approximate surface area is 117 Å². The third-order valence-electron chi connectivity index (χ3n) is 3.38. The van der Waals surface area contributed by atoms with Crippen molar-refractivity contribution in [2.24, 2.45) is 0 Å². The van der Waals surface area contributed by atoms with Gasteiger partial charge >= 0.3 is 0 Å². The molecule has 19 heavy (non-hydrogen) atoms. The van der Waals surface area contributed by atoms with Crippen molar-refractivity contribution >= 4 is 23.4 Å². The first-order valence-corrected chi connectivity index (χ1v) is 7.14. The zero-order valence-corrected chi connectivity index (χ0v) is 11.8. The van der Waals surface area contributed by atoms with Gasteiger partial charge < -0.3 is 4.90 Å². The molecule has 0 saturated heterocycles. The Balaban J connectivity index is 1.99. The van der Waals surface area contributed by atoms with Gasteiger partial charge in [-0.05, 0) is 30.7 Å². The SMILES string of the molecule is Cc1ccc2c(c1)C(Sc1ccccc1)C(=O)N2C. The summed E-state index contributed by atoms with van der Waals surface area (Å²) in [7, 11) is 1.85. The van der Waals surface area contributed by atoms with Crippen LogP contribution < -0.4 is 4.90 Å². The summed E-state index contributed by atoms with van der Waals surface area (Å²) >= 11 is 1.62. The quantitative estimate of drug-likeness (QED) is 0.826. The third-order valence-corrected chi connectivity index (χ3v) is 4.61. The molecule has 0 radical (unpaired) electrons. The lowest BCUT2D eigenvalue weighted by Gasteiger charge is -2.10. The number of benzene rings is 2. The van der Waals surface area contributed by atoms with E-state index in [1.807, 2.05) is 43.4 Å². The van der Waals surface area contributed by atoms with E-state index in [9.17, 15) is 4.79 Å². The summed E-state index contributed by atoms with van der Waals surface area (Å²) in [5, 5.41) is -0.123. The van der Waals surface area contributed by atoms with Crippen molar-refractivity contribution < 1.29 is 4.79 Å². The zero-order chi connectivity index (χ0) is 13.4. The molecule has 0 saturated carbocycles. The summed E-state index contributed by atoms with van der Waals surface area (Å²) < 4.78 is 0. The molecule has 3 rings (SSSR count). The zero-order valence-electron chi connectivity index (χ0n) is 11.0. The summed E-state index contributed by atoms with van der Waals surface area (Å²) in [6.45, 7) is 2.06. The third kappa shape index (κ3) is 2.15. The fourth-order valence-corrected chi connectivity index (χ4v) is 3.53. The normalized spacial score (nSPS) is 17.7. The van der Waals surface area contributed by atoms with E-state index >= 15 is 0 Å². The Morgan fingerprint density at radius 3 is 2.58 bits per heavy atom. The van der Waals surface area contributed by atoms with Crippen LogP contribution in [0.1, 0.15) is 16.4 Å². The Hall–Kier alpha value is -1.74.